The van der Waals surface area contributed by atoms with Crippen LogP contribution >= 0.6 is 0 Å². The van der Waals surface area contributed by atoms with Crippen LogP contribution in [0, 0.1) is 11.8 Å². The van der Waals surface area contributed by atoms with E-state index in [4.69, 9.17) is 9.73 Å². The van der Waals surface area contributed by atoms with Gasteiger partial charge in [-0.1, -0.05) is 6.92 Å². The second-order valence-electron chi connectivity index (χ2n) is 8.03. The van der Waals surface area contributed by atoms with Crippen LogP contribution in [0.5, 0.6) is 0 Å². The summed E-state index contributed by atoms with van der Waals surface area (Å²) in [4.78, 5) is 9.85. The Hall–Kier alpha value is -0.810. The highest BCUT2D eigenvalue weighted by Crippen LogP contribution is 2.19. The third kappa shape index (κ3) is 7.14. The number of ether oxygens (including phenoxy) is 1. The summed E-state index contributed by atoms with van der Waals surface area (Å²) in [5.74, 6) is 2.76. The van der Waals surface area contributed by atoms with E-state index in [1.165, 1.54) is 45.2 Å². The number of hydrogen-bond donors (Lipinski definition) is 1. The lowest BCUT2D eigenvalue weighted by Gasteiger charge is -2.34. The Bertz CT molecular complexity index is 387. The Kier molecular flexibility index (Phi) is 9.04. The maximum absolute atomic E-state index is 5.47. The van der Waals surface area contributed by atoms with E-state index in [2.05, 4.69) is 42.9 Å². The van der Waals surface area contributed by atoms with E-state index in [1.54, 1.807) is 0 Å². The van der Waals surface area contributed by atoms with Crippen molar-refractivity contribution in [2.75, 3.05) is 53.0 Å². The predicted octanol–water partition coefficient (Wildman–Crippen LogP) is 2.82. The predicted molar refractivity (Wildman–Crippen MR) is 106 cm³/mol. The summed E-state index contributed by atoms with van der Waals surface area (Å²) in [5, 5.41) is 3.47. The van der Waals surface area contributed by atoms with Crippen LogP contribution in [0.3, 0.4) is 0 Å². The zero-order valence-electron chi connectivity index (χ0n) is 17.0. The van der Waals surface area contributed by atoms with Gasteiger partial charge >= 0.3 is 0 Å². The summed E-state index contributed by atoms with van der Waals surface area (Å²) in [6.07, 6.45) is 6.33. The minimum absolute atomic E-state index is 0.532. The molecule has 0 saturated carbocycles. The molecule has 2 saturated heterocycles. The fourth-order valence-electron chi connectivity index (χ4n) is 3.79. The quantitative estimate of drug-likeness (QED) is 0.565. The number of nitrogens with zero attached hydrogens (tertiary/aromatic N) is 3. The first-order valence-electron chi connectivity index (χ1n) is 10.4. The molecule has 0 aromatic rings. The van der Waals surface area contributed by atoms with Crippen molar-refractivity contribution in [3.05, 3.63) is 0 Å². The first kappa shape index (κ1) is 20.5. The van der Waals surface area contributed by atoms with Crippen molar-refractivity contribution in [3.8, 4) is 0 Å². The molecule has 1 N–H and O–H groups in total. The molecule has 5 nitrogen and oxygen atoms in total. The second-order valence-corrected chi connectivity index (χ2v) is 8.03. The summed E-state index contributed by atoms with van der Waals surface area (Å²) < 4.78 is 5.47. The van der Waals surface area contributed by atoms with Gasteiger partial charge in [0.25, 0.3) is 0 Å². The standard InChI is InChI=1S/C20H40N4O/c1-5-21-20(23(4)11-8-19-9-14-25-15-10-19)22-16-18(3)24-12-6-17(2)7-13-24/h17-19H,5-16H2,1-4H3,(H,21,22). The van der Waals surface area contributed by atoms with Crippen molar-refractivity contribution in [2.45, 2.75) is 58.9 Å². The number of guanidine groups is 1. The third-order valence-electron chi connectivity index (χ3n) is 5.86. The van der Waals surface area contributed by atoms with E-state index in [9.17, 15) is 0 Å². The van der Waals surface area contributed by atoms with Gasteiger partial charge in [0.05, 0.1) is 6.54 Å². The largest absolute Gasteiger partial charge is 0.381 e. The zero-order valence-corrected chi connectivity index (χ0v) is 17.0. The maximum Gasteiger partial charge on any atom is 0.193 e. The van der Waals surface area contributed by atoms with Crippen LogP contribution in [0.4, 0.5) is 0 Å². The summed E-state index contributed by atoms with van der Waals surface area (Å²) in [6.45, 7) is 14.1. The molecule has 1 atom stereocenters. The van der Waals surface area contributed by atoms with Gasteiger partial charge in [-0.3, -0.25) is 9.89 Å². The number of piperidine rings is 1. The van der Waals surface area contributed by atoms with Crippen LogP contribution in [-0.4, -0.2) is 74.8 Å². The summed E-state index contributed by atoms with van der Waals surface area (Å²) in [6, 6.07) is 0.532. The summed E-state index contributed by atoms with van der Waals surface area (Å²) >= 11 is 0. The van der Waals surface area contributed by atoms with E-state index >= 15 is 0 Å². The SMILES string of the molecule is CCNC(=NCC(C)N1CCC(C)CC1)N(C)CCC1CCOCC1. The minimum Gasteiger partial charge on any atom is -0.381 e. The van der Waals surface area contributed by atoms with Gasteiger partial charge in [0.15, 0.2) is 5.96 Å². The molecule has 0 radical (unpaired) electrons. The molecule has 1 unspecified atom stereocenters. The van der Waals surface area contributed by atoms with E-state index in [-0.39, 0.29) is 0 Å². The van der Waals surface area contributed by atoms with E-state index < -0.39 is 0 Å². The van der Waals surface area contributed by atoms with Crippen LogP contribution in [0.1, 0.15) is 52.9 Å². The molecule has 2 aliphatic heterocycles. The molecule has 2 heterocycles. The summed E-state index contributed by atoms with van der Waals surface area (Å²) in [5.41, 5.74) is 0. The third-order valence-corrected chi connectivity index (χ3v) is 5.86. The molecule has 146 valence electrons. The van der Waals surface area contributed by atoms with Gasteiger partial charge in [0, 0.05) is 39.4 Å². The minimum atomic E-state index is 0.532. The van der Waals surface area contributed by atoms with E-state index in [0.29, 0.717) is 6.04 Å². The molecule has 2 aliphatic rings. The van der Waals surface area contributed by atoms with Gasteiger partial charge in [-0.15, -0.1) is 0 Å². The molecule has 0 spiro atoms. The maximum atomic E-state index is 5.47. The number of aliphatic imine (C=N–C) groups is 1. The molecule has 0 aliphatic carbocycles. The molecular formula is C20H40N4O. The van der Waals surface area contributed by atoms with Crippen molar-refractivity contribution >= 4 is 5.96 Å². The van der Waals surface area contributed by atoms with E-state index in [1.807, 2.05) is 0 Å². The number of likely N-dealkylation sites (tertiary alicyclic amines) is 1. The Morgan fingerprint density at radius 1 is 1.24 bits per heavy atom. The monoisotopic (exact) mass is 352 g/mol. The molecule has 0 aromatic carbocycles. The Labute approximate surface area is 155 Å². The molecular weight excluding hydrogens is 312 g/mol. The van der Waals surface area contributed by atoms with Crippen molar-refractivity contribution in [2.24, 2.45) is 16.8 Å². The average Bonchev–Trinajstić information content (AvgIpc) is 2.64. The fourth-order valence-corrected chi connectivity index (χ4v) is 3.79. The van der Waals surface area contributed by atoms with Crippen LogP contribution in [0.25, 0.3) is 0 Å². The van der Waals surface area contributed by atoms with Crippen molar-refractivity contribution in [3.63, 3.8) is 0 Å². The normalized spacial score (nSPS) is 22.8. The van der Waals surface area contributed by atoms with E-state index in [0.717, 1.165) is 50.6 Å². The highest BCUT2D eigenvalue weighted by Gasteiger charge is 2.20. The Balaban J connectivity index is 1.79. The summed E-state index contributed by atoms with van der Waals surface area (Å²) in [7, 11) is 2.17. The lowest BCUT2D eigenvalue weighted by atomic mass is 9.96. The Morgan fingerprint density at radius 3 is 2.56 bits per heavy atom. The molecule has 0 bridgehead atoms. The van der Waals surface area contributed by atoms with Crippen LogP contribution in [0.15, 0.2) is 4.99 Å². The topological polar surface area (TPSA) is 40.1 Å². The first-order chi connectivity index (χ1) is 12.1. The average molecular weight is 353 g/mol. The van der Waals surface area contributed by atoms with Gasteiger partial charge in [0.2, 0.25) is 0 Å². The molecule has 2 fully saturated rings. The van der Waals surface area contributed by atoms with Gasteiger partial charge in [-0.05, 0) is 70.9 Å². The second kappa shape index (κ2) is 11.0. The fraction of sp³-hybridized carbons (Fsp3) is 0.950. The number of nitrogens with one attached hydrogen (secondary N) is 1. The Morgan fingerprint density at radius 2 is 1.92 bits per heavy atom. The highest BCUT2D eigenvalue weighted by atomic mass is 16.5. The van der Waals surface area contributed by atoms with Crippen LogP contribution < -0.4 is 5.32 Å². The van der Waals surface area contributed by atoms with Gasteiger partial charge in [-0.25, -0.2) is 0 Å². The molecule has 25 heavy (non-hydrogen) atoms. The van der Waals surface area contributed by atoms with Crippen molar-refractivity contribution in [1.82, 2.24) is 15.1 Å². The van der Waals surface area contributed by atoms with Crippen LogP contribution in [-0.2, 0) is 4.74 Å². The highest BCUT2D eigenvalue weighted by molar-refractivity contribution is 5.79. The molecule has 2 rings (SSSR count). The molecule has 0 aromatic heterocycles. The first-order valence-corrected chi connectivity index (χ1v) is 10.4. The lowest BCUT2D eigenvalue weighted by Crippen LogP contribution is -2.43. The van der Waals surface area contributed by atoms with Gasteiger partial charge in [-0.2, -0.15) is 0 Å². The number of hydrogen-bond acceptors (Lipinski definition) is 3. The lowest BCUT2D eigenvalue weighted by molar-refractivity contribution is 0.0625. The molecule has 0 amide bonds. The van der Waals surface area contributed by atoms with Crippen LogP contribution in [0.2, 0.25) is 0 Å². The zero-order chi connectivity index (χ0) is 18.1. The van der Waals surface area contributed by atoms with Crippen molar-refractivity contribution < 1.29 is 4.74 Å². The van der Waals surface area contributed by atoms with Gasteiger partial charge in [0.1, 0.15) is 0 Å². The number of rotatable bonds is 7. The van der Waals surface area contributed by atoms with Gasteiger partial charge < -0.3 is 15.0 Å². The van der Waals surface area contributed by atoms with Crippen molar-refractivity contribution in [1.29, 1.82) is 0 Å². The molecule has 5 heteroatoms. The smallest absolute Gasteiger partial charge is 0.193 e.